The number of hydrogen-bond donors (Lipinski definition) is 3. The third-order valence-electron chi connectivity index (χ3n) is 2.16. The van der Waals surface area contributed by atoms with Crippen LogP contribution >= 0.6 is 0 Å². The molecule has 1 amide bonds. The molecule has 0 aliphatic rings. The van der Waals surface area contributed by atoms with Gasteiger partial charge in [0.05, 0.1) is 11.6 Å². The van der Waals surface area contributed by atoms with Gasteiger partial charge in [0.25, 0.3) is 0 Å². The average molecular weight is 237 g/mol. The lowest BCUT2D eigenvalue weighted by atomic mass is 10.1. The Balaban J connectivity index is 2.53. The summed E-state index contributed by atoms with van der Waals surface area (Å²) in [5.41, 5.74) is 5.43. The highest BCUT2D eigenvalue weighted by molar-refractivity contribution is 5.78. The molecule has 1 unspecified atom stereocenters. The number of nitriles is 1. The fourth-order valence-electron chi connectivity index (χ4n) is 1.20. The summed E-state index contributed by atoms with van der Waals surface area (Å²) in [4.78, 5) is 10.5. The van der Waals surface area contributed by atoms with Gasteiger partial charge < -0.3 is 16.2 Å². The molecule has 0 aliphatic heterocycles. The maximum atomic E-state index is 13.4. The van der Waals surface area contributed by atoms with Gasteiger partial charge in [0.1, 0.15) is 11.9 Å². The first-order valence-corrected chi connectivity index (χ1v) is 4.91. The van der Waals surface area contributed by atoms with Crippen LogP contribution in [-0.2, 0) is 11.3 Å². The van der Waals surface area contributed by atoms with Crippen molar-refractivity contribution in [3.05, 3.63) is 35.1 Å². The van der Waals surface area contributed by atoms with Crippen LogP contribution in [0, 0.1) is 17.1 Å². The summed E-state index contributed by atoms with van der Waals surface area (Å²) in [5.74, 6) is -1.34. The van der Waals surface area contributed by atoms with Crippen LogP contribution in [0.5, 0.6) is 0 Å². The smallest absolute Gasteiger partial charge is 0.247 e. The fraction of sp³-hybridized carbons (Fsp3) is 0.273. The van der Waals surface area contributed by atoms with E-state index in [9.17, 15) is 9.18 Å². The standard InChI is InChI=1S/C11H12FN3O2/c12-9-3-7(4-13)1-2-8(9)5-15-6-10(16)11(14)17/h1-3,10,15-16H,5-6H2,(H2,14,17). The Kier molecular flexibility index (Phi) is 4.57. The number of aliphatic hydroxyl groups is 1. The zero-order valence-corrected chi connectivity index (χ0v) is 8.98. The van der Waals surface area contributed by atoms with Gasteiger partial charge >= 0.3 is 0 Å². The number of nitrogens with two attached hydrogens (primary N) is 1. The van der Waals surface area contributed by atoms with Crippen molar-refractivity contribution in [2.24, 2.45) is 5.73 Å². The second-order valence-electron chi connectivity index (χ2n) is 3.47. The average Bonchev–Trinajstić information content (AvgIpc) is 2.30. The van der Waals surface area contributed by atoms with Gasteiger partial charge in [-0.1, -0.05) is 6.07 Å². The Bertz CT molecular complexity index is 457. The zero-order chi connectivity index (χ0) is 12.8. The number of halogens is 1. The van der Waals surface area contributed by atoms with Gasteiger partial charge in [0.15, 0.2) is 0 Å². The van der Waals surface area contributed by atoms with Gasteiger partial charge in [-0.2, -0.15) is 5.26 Å². The number of hydrogen-bond acceptors (Lipinski definition) is 4. The molecule has 1 aromatic rings. The van der Waals surface area contributed by atoms with Gasteiger partial charge in [-0.3, -0.25) is 4.79 Å². The van der Waals surface area contributed by atoms with Crippen molar-refractivity contribution in [2.45, 2.75) is 12.6 Å². The van der Waals surface area contributed by atoms with Crippen LogP contribution in [0.2, 0.25) is 0 Å². The number of aliphatic hydroxyl groups excluding tert-OH is 1. The van der Waals surface area contributed by atoms with E-state index in [2.05, 4.69) is 5.32 Å². The quantitative estimate of drug-likeness (QED) is 0.650. The van der Waals surface area contributed by atoms with E-state index in [0.717, 1.165) is 6.07 Å². The van der Waals surface area contributed by atoms with E-state index in [0.29, 0.717) is 5.56 Å². The van der Waals surface area contributed by atoms with Crippen molar-refractivity contribution >= 4 is 5.91 Å². The lowest BCUT2D eigenvalue weighted by Gasteiger charge is -2.09. The van der Waals surface area contributed by atoms with Crippen LogP contribution in [-0.4, -0.2) is 23.7 Å². The third kappa shape index (κ3) is 3.83. The lowest BCUT2D eigenvalue weighted by molar-refractivity contribution is -0.125. The monoisotopic (exact) mass is 237 g/mol. The minimum absolute atomic E-state index is 0.0469. The number of amides is 1. The Morgan fingerprint density at radius 3 is 2.88 bits per heavy atom. The van der Waals surface area contributed by atoms with Gasteiger partial charge in [0, 0.05) is 18.7 Å². The number of benzene rings is 1. The second kappa shape index (κ2) is 5.94. The maximum absolute atomic E-state index is 13.4. The highest BCUT2D eigenvalue weighted by Crippen LogP contribution is 2.09. The van der Waals surface area contributed by atoms with E-state index < -0.39 is 17.8 Å². The molecule has 5 nitrogen and oxygen atoms in total. The van der Waals surface area contributed by atoms with Crippen LogP contribution in [0.25, 0.3) is 0 Å². The van der Waals surface area contributed by atoms with Crippen LogP contribution < -0.4 is 11.1 Å². The predicted molar refractivity (Wildman–Crippen MR) is 58.0 cm³/mol. The molecule has 0 fully saturated rings. The summed E-state index contributed by atoms with van der Waals surface area (Å²) >= 11 is 0. The summed E-state index contributed by atoms with van der Waals surface area (Å²) < 4.78 is 13.4. The number of nitrogens with zero attached hydrogens (tertiary/aromatic N) is 1. The minimum Gasteiger partial charge on any atom is -0.382 e. The molecule has 1 rings (SSSR count). The van der Waals surface area contributed by atoms with E-state index in [-0.39, 0.29) is 18.7 Å². The normalized spacial score (nSPS) is 11.8. The van der Waals surface area contributed by atoms with E-state index in [1.54, 1.807) is 0 Å². The van der Waals surface area contributed by atoms with Crippen LogP contribution in [0.4, 0.5) is 4.39 Å². The topological polar surface area (TPSA) is 99.1 Å². The molecule has 17 heavy (non-hydrogen) atoms. The molecule has 4 N–H and O–H groups in total. The van der Waals surface area contributed by atoms with Crippen LogP contribution in [0.3, 0.4) is 0 Å². The molecule has 0 bridgehead atoms. The Morgan fingerprint density at radius 2 is 2.35 bits per heavy atom. The number of rotatable bonds is 5. The molecule has 1 atom stereocenters. The number of primary amides is 1. The predicted octanol–water partition coefficient (Wildman–Crippen LogP) is -0.367. The maximum Gasteiger partial charge on any atom is 0.247 e. The van der Waals surface area contributed by atoms with E-state index >= 15 is 0 Å². The van der Waals surface area contributed by atoms with E-state index in [1.807, 2.05) is 6.07 Å². The molecule has 0 radical (unpaired) electrons. The first kappa shape index (κ1) is 13.1. The molecule has 90 valence electrons. The summed E-state index contributed by atoms with van der Waals surface area (Å²) in [6, 6.07) is 5.91. The van der Waals surface area contributed by atoms with Gasteiger partial charge in [0.2, 0.25) is 5.91 Å². The Hall–Kier alpha value is -1.97. The van der Waals surface area contributed by atoms with E-state index in [1.165, 1.54) is 12.1 Å². The Morgan fingerprint density at radius 1 is 1.65 bits per heavy atom. The molecule has 0 spiro atoms. The SMILES string of the molecule is N#Cc1ccc(CNCC(O)C(N)=O)c(F)c1. The molecule has 6 heteroatoms. The zero-order valence-electron chi connectivity index (χ0n) is 8.98. The largest absolute Gasteiger partial charge is 0.382 e. The van der Waals surface area contributed by atoms with Crippen molar-refractivity contribution in [1.29, 1.82) is 5.26 Å². The van der Waals surface area contributed by atoms with Gasteiger partial charge in [-0.15, -0.1) is 0 Å². The molecule has 0 aromatic heterocycles. The van der Waals surface area contributed by atoms with Gasteiger partial charge in [-0.25, -0.2) is 4.39 Å². The molecular formula is C11H12FN3O2. The summed E-state index contributed by atoms with van der Waals surface area (Å²) in [7, 11) is 0. The van der Waals surface area contributed by atoms with Crippen molar-refractivity contribution in [2.75, 3.05) is 6.54 Å². The third-order valence-corrected chi connectivity index (χ3v) is 2.16. The number of nitrogens with one attached hydrogen (secondary N) is 1. The van der Waals surface area contributed by atoms with E-state index in [4.69, 9.17) is 16.1 Å². The molecule has 0 saturated carbocycles. The summed E-state index contributed by atoms with van der Waals surface area (Å²) in [6.45, 7) is 0.0939. The van der Waals surface area contributed by atoms with Crippen molar-refractivity contribution in [1.82, 2.24) is 5.32 Å². The van der Waals surface area contributed by atoms with Gasteiger partial charge in [-0.05, 0) is 12.1 Å². The number of carbonyl (C=O) groups is 1. The van der Waals surface area contributed by atoms with Crippen molar-refractivity contribution < 1.29 is 14.3 Å². The molecular weight excluding hydrogens is 225 g/mol. The minimum atomic E-state index is -1.29. The first-order chi connectivity index (χ1) is 8.04. The second-order valence-corrected chi connectivity index (χ2v) is 3.47. The number of carbonyl (C=O) groups excluding carboxylic acids is 1. The molecule has 0 aliphatic carbocycles. The van der Waals surface area contributed by atoms with Crippen LogP contribution in [0.15, 0.2) is 18.2 Å². The first-order valence-electron chi connectivity index (χ1n) is 4.91. The summed E-state index contributed by atoms with van der Waals surface area (Å²) in [5, 5.41) is 20.3. The fourth-order valence-corrected chi connectivity index (χ4v) is 1.20. The highest BCUT2D eigenvalue weighted by Gasteiger charge is 2.10. The van der Waals surface area contributed by atoms with Crippen molar-refractivity contribution in [3.63, 3.8) is 0 Å². The van der Waals surface area contributed by atoms with Crippen molar-refractivity contribution in [3.8, 4) is 6.07 Å². The highest BCUT2D eigenvalue weighted by atomic mass is 19.1. The molecule has 0 saturated heterocycles. The summed E-state index contributed by atoms with van der Waals surface area (Å²) in [6.07, 6.45) is -1.29. The molecule has 1 aromatic carbocycles. The van der Waals surface area contributed by atoms with Crippen LogP contribution in [0.1, 0.15) is 11.1 Å². The Labute approximate surface area is 97.7 Å². The molecule has 0 heterocycles. The lowest BCUT2D eigenvalue weighted by Crippen LogP contribution is -2.37.